The van der Waals surface area contributed by atoms with E-state index in [4.69, 9.17) is 22.7 Å². The van der Waals surface area contributed by atoms with Crippen LogP contribution >= 0.6 is 12.2 Å². The van der Waals surface area contributed by atoms with Crippen LogP contribution in [0.5, 0.6) is 0 Å². The molecule has 0 aliphatic carbocycles. The predicted octanol–water partition coefficient (Wildman–Crippen LogP) is 1.65. The molecule has 0 bridgehead atoms. The number of thiocarbonyl (C=S) groups is 1. The lowest BCUT2D eigenvalue weighted by Crippen LogP contribution is -2.23. The number of nitrogens with one attached hydrogen (secondary N) is 1. The maximum absolute atomic E-state index is 13.3. The van der Waals surface area contributed by atoms with E-state index >= 15 is 0 Å². The van der Waals surface area contributed by atoms with Crippen molar-refractivity contribution in [2.24, 2.45) is 5.73 Å². The van der Waals surface area contributed by atoms with E-state index in [-0.39, 0.29) is 29.7 Å². The molecule has 1 aromatic carbocycles. The van der Waals surface area contributed by atoms with E-state index in [1.807, 2.05) is 0 Å². The van der Waals surface area contributed by atoms with Crippen molar-refractivity contribution >= 4 is 23.2 Å². The smallest absolute Gasteiger partial charge is 0.354 e. The highest BCUT2D eigenvalue weighted by molar-refractivity contribution is 7.80. The minimum absolute atomic E-state index is 0.0899. The fourth-order valence-corrected chi connectivity index (χ4v) is 1.49. The van der Waals surface area contributed by atoms with Crippen molar-refractivity contribution in [3.05, 3.63) is 47.4 Å². The zero-order valence-electron chi connectivity index (χ0n) is 10.5. The number of carbonyl (C=O) groups is 1. The minimum Gasteiger partial charge on any atom is -0.461 e. The van der Waals surface area contributed by atoms with Gasteiger partial charge in [0, 0.05) is 18.2 Å². The van der Waals surface area contributed by atoms with Crippen molar-refractivity contribution < 1.29 is 13.9 Å². The Kier molecular flexibility index (Phi) is 5.95. The second-order valence-corrected chi connectivity index (χ2v) is 4.07. The van der Waals surface area contributed by atoms with Crippen molar-refractivity contribution in [1.29, 1.82) is 0 Å². The number of nitrogens with two attached hydrogens (primary N) is 1. The number of halogens is 1. The summed E-state index contributed by atoms with van der Waals surface area (Å²) in [6, 6.07) is 6.34. The van der Waals surface area contributed by atoms with Crippen LogP contribution in [-0.4, -0.2) is 17.6 Å². The third kappa shape index (κ3) is 5.05. The van der Waals surface area contributed by atoms with Crippen molar-refractivity contribution in [3.63, 3.8) is 0 Å². The molecular formula is C13H15FN2O2S. The fourth-order valence-electron chi connectivity index (χ4n) is 1.29. The number of carbonyl (C=O) groups excluding carboxylic acids is 1. The van der Waals surface area contributed by atoms with Gasteiger partial charge >= 0.3 is 5.97 Å². The number of esters is 1. The summed E-state index contributed by atoms with van der Waals surface area (Å²) in [4.78, 5) is 11.5. The van der Waals surface area contributed by atoms with E-state index in [9.17, 15) is 9.18 Å². The molecule has 102 valence electrons. The van der Waals surface area contributed by atoms with Gasteiger partial charge in [-0.2, -0.15) is 0 Å². The van der Waals surface area contributed by atoms with E-state index in [0.29, 0.717) is 5.56 Å². The van der Waals surface area contributed by atoms with Crippen LogP contribution in [0.2, 0.25) is 0 Å². The van der Waals surface area contributed by atoms with Gasteiger partial charge in [-0.25, -0.2) is 9.18 Å². The quantitative estimate of drug-likeness (QED) is 0.488. The summed E-state index contributed by atoms with van der Waals surface area (Å²) >= 11 is 4.98. The van der Waals surface area contributed by atoms with Crippen LogP contribution in [0.15, 0.2) is 36.0 Å². The zero-order chi connectivity index (χ0) is 14.3. The van der Waals surface area contributed by atoms with Gasteiger partial charge in [-0.15, -0.1) is 0 Å². The second-order valence-electron chi connectivity index (χ2n) is 3.63. The molecule has 0 fully saturated rings. The molecule has 1 aromatic rings. The van der Waals surface area contributed by atoms with Crippen LogP contribution < -0.4 is 11.1 Å². The van der Waals surface area contributed by atoms with E-state index in [0.717, 1.165) is 0 Å². The van der Waals surface area contributed by atoms with Gasteiger partial charge in [0.2, 0.25) is 0 Å². The second kappa shape index (κ2) is 7.48. The number of hydrogen-bond donors (Lipinski definition) is 2. The monoisotopic (exact) mass is 282 g/mol. The molecule has 6 heteroatoms. The van der Waals surface area contributed by atoms with Gasteiger partial charge in [0.1, 0.15) is 16.5 Å². The minimum atomic E-state index is -0.627. The molecule has 0 heterocycles. The largest absolute Gasteiger partial charge is 0.461 e. The lowest BCUT2D eigenvalue weighted by atomic mass is 10.2. The summed E-state index contributed by atoms with van der Waals surface area (Å²) in [5.41, 5.74) is 5.88. The van der Waals surface area contributed by atoms with Crippen LogP contribution in [0.4, 0.5) is 4.39 Å². The van der Waals surface area contributed by atoms with Gasteiger partial charge in [-0.05, 0) is 13.0 Å². The summed E-state index contributed by atoms with van der Waals surface area (Å²) < 4.78 is 18.0. The summed E-state index contributed by atoms with van der Waals surface area (Å²) in [5, 5.41) is 2.79. The SMILES string of the molecule is CCOC(=O)C(N)=CC(=S)NCc1ccccc1F. The van der Waals surface area contributed by atoms with Crippen LogP contribution in [-0.2, 0) is 16.1 Å². The molecule has 0 aliphatic heterocycles. The third-order valence-electron chi connectivity index (χ3n) is 2.21. The fraction of sp³-hybridized carbons (Fsp3) is 0.231. The normalized spacial score (nSPS) is 10.9. The summed E-state index contributed by atoms with van der Waals surface area (Å²) in [7, 11) is 0. The number of ether oxygens (including phenoxy) is 1. The van der Waals surface area contributed by atoms with Crippen molar-refractivity contribution in [2.75, 3.05) is 6.61 Å². The molecule has 0 aliphatic rings. The summed E-state index contributed by atoms with van der Waals surface area (Å²) in [6.07, 6.45) is 1.29. The molecule has 0 atom stereocenters. The average Bonchev–Trinajstić information content (AvgIpc) is 2.38. The standard InChI is InChI=1S/C13H15FN2O2S/c1-2-18-13(17)11(15)7-12(19)16-8-9-5-3-4-6-10(9)14/h3-7H,2,8,15H2,1H3,(H,16,19). The Labute approximate surface area is 116 Å². The Morgan fingerprint density at radius 1 is 1.53 bits per heavy atom. The first-order chi connectivity index (χ1) is 9.04. The molecule has 0 unspecified atom stereocenters. The molecule has 0 radical (unpaired) electrons. The molecule has 19 heavy (non-hydrogen) atoms. The first kappa shape index (κ1) is 15.1. The zero-order valence-corrected chi connectivity index (χ0v) is 11.3. The first-order valence-corrected chi connectivity index (χ1v) is 6.11. The first-order valence-electron chi connectivity index (χ1n) is 5.70. The van der Waals surface area contributed by atoms with Crippen molar-refractivity contribution in [2.45, 2.75) is 13.5 Å². The van der Waals surface area contributed by atoms with E-state index in [1.165, 1.54) is 12.1 Å². The topological polar surface area (TPSA) is 64.3 Å². The molecule has 0 amide bonds. The maximum Gasteiger partial charge on any atom is 0.354 e. The van der Waals surface area contributed by atoms with Gasteiger partial charge in [0.25, 0.3) is 0 Å². The van der Waals surface area contributed by atoms with Crippen LogP contribution in [0.3, 0.4) is 0 Å². The van der Waals surface area contributed by atoms with E-state index in [1.54, 1.807) is 25.1 Å². The highest BCUT2D eigenvalue weighted by Gasteiger charge is 2.07. The van der Waals surface area contributed by atoms with Gasteiger partial charge in [0.15, 0.2) is 0 Å². The third-order valence-corrected chi connectivity index (χ3v) is 2.47. The van der Waals surface area contributed by atoms with Gasteiger partial charge in [0.05, 0.1) is 6.61 Å². The molecule has 0 spiro atoms. The van der Waals surface area contributed by atoms with E-state index in [2.05, 4.69) is 5.32 Å². The van der Waals surface area contributed by atoms with Crippen molar-refractivity contribution in [1.82, 2.24) is 5.32 Å². The lowest BCUT2D eigenvalue weighted by molar-refractivity contribution is -0.138. The number of rotatable bonds is 5. The van der Waals surface area contributed by atoms with Crippen LogP contribution in [0, 0.1) is 5.82 Å². The number of hydrogen-bond acceptors (Lipinski definition) is 4. The van der Waals surface area contributed by atoms with Gasteiger partial charge < -0.3 is 15.8 Å². The number of benzene rings is 1. The Bertz CT molecular complexity index is 503. The van der Waals surface area contributed by atoms with Crippen LogP contribution in [0.1, 0.15) is 12.5 Å². The molecule has 1 rings (SSSR count). The van der Waals surface area contributed by atoms with E-state index < -0.39 is 5.97 Å². The maximum atomic E-state index is 13.3. The van der Waals surface area contributed by atoms with Gasteiger partial charge in [-0.1, -0.05) is 30.4 Å². The Morgan fingerprint density at radius 3 is 2.84 bits per heavy atom. The summed E-state index contributed by atoms with van der Waals surface area (Å²) in [5.74, 6) is -0.947. The van der Waals surface area contributed by atoms with Gasteiger partial charge in [-0.3, -0.25) is 0 Å². The predicted molar refractivity (Wildman–Crippen MR) is 74.7 cm³/mol. The molecule has 0 aromatic heterocycles. The Balaban J connectivity index is 2.55. The Morgan fingerprint density at radius 2 is 2.21 bits per heavy atom. The molecular weight excluding hydrogens is 267 g/mol. The molecule has 4 nitrogen and oxygen atoms in total. The van der Waals surface area contributed by atoms with Crippen molar-refractivity contribution in [3.8, 4) is 0 Å². The Hall–Kier alpha value is -1.95. The summed E-state index contributed by atoms with van der Waals surface area (Å²) in [6.45, 7) is 2.14. The lowest BCUT2D eigenvalue weighted by Gasteiger charge is -2.06. The highest BCUT2D eigenvalue weighted by atomic mass is 32.1. The molecule has 0 saturated carbocycles. The highest BCUT2D eigenvalue weighted by Crippen LogP contribution is 2.05. The van der Waals surface area contributed by atoms with Crippen LogP contribution in [0.25, 0.3) is 0 Å². The molecule has 0 saturated heterocycles. The average molecular weight is 282 g/mol. The molecule has 3 N–H and O–H groups in total.